The molecule has 0 N–H and O–H groups in total. The highest BCUT2D eigenvalue weighted by Gasteiger charge is 2.58. The molecular formula is C31H46O8Si. The number of carbonyl (C=O) groups is 2. The zero-order chi connectivity index (χ0) is 29.8. The van der Waals surface area contributed by atoms with Gasteiger partial charge in [-0.2, -0.15) is 0 Å². The molecule has 4 heterocycles. The van der Waals surface area contributed by atoms with Crippen LogP contribution >= 0.6 is 0 Å². The molecule has 2 fully saturated rings. The van der Waals surface area contributed by atoms with Gasteiger partial charge in [-0.3, -0.25) is 4.79 Å². The molecule has 0 aliphatic carbocycles. The van der Waals surface area contributed by atoms with Gasteiger partial charge in [0.15, 0.2) is 14.1 Å². The van der Waals surface area contributed by atoms with Crippen molar-refractivity contribution in [3.05, 3.63) is 47.5 Å². The van der Waals surface area contributed by atoms with E-state index >= 15 is 0 Å². The van der Waals surface area contributed by atoms with Gasteiger partial charge in [0.1, 0.15) is 40.8 Å². The summed E-state index contributed by atoms with van der Waals surface area (Å²) < 4.78 is 37.6. The summed E-state index contributed by atoms with van der Waals surface area (Å²) in [6.45, 7) is 24.7. The van der Waals surface area contributed by atoms with Crippen molar-refractivity contribution >= 4 is 20.3 Å². The van der Waals surface area contributed by atoms with Crippen LogP contribution in [0.3, 0.4) is 0 Å². The number of furan rings is 1. The number of hydrogen-bond acceptors (Lipinski definition) is 8. The first-order valence-corrected chi connectivity index (χ1v) is 17.2. The van der Waals surface area contributed by atoms with E-state index in [4.69, 9.17) is 27.8 Å². The molecular weight excluding hydrogens is 528 g/mol. The number of fused-ring (bicyclic) bond motifs is 6. The van der Waals surface area contributed by atoms with Crippen molar-refractivity contribution in [2.75, 3.05) is 6.61 Å². The molecule has 6 atom stereocenters. The Morgan fingerprint density at radius 1 is 1.20 bits per heavy atom. The number of allylic oxidation sites excluding steroid dienone is 2. The molecule has 1 aromatic heterocycles. The second-order valence-electron chi connectivity index (χ2n) is 13.6. The average Bonchev–Trinajstić information content (AvgIpc) is 3.41. The molecule has 222 valence electrons. The van der Waals surface area contributed by atoms with Crippen LogP contribution in [0.5, 0.6) is 0 Å². The fourth-order valence-corrected chi connectivity index (χ4v) is 6.93. The molecule has 2 saturated heterocycles. The summed E-state index contributed by atoms with van der Waals surface area (Å²) in [6.07, 6.45) is 2.84. The molecule has 0 spiro atoms. The van der Waals surface area contributed by atoms with Crippen molar-refractivity contribution in [3.63, 3.8) is 0 Å². The van der Waals surface area contributed by atoms with Crippen molar-refractivity contribution in [2.24, 2.45) is 11.8 Å². The van der Waals surface area contributed by atoms with Gasteiger partial charge < -0.3 is 27.8 Å². The molecule has 1 aromatic rings. The van der Waals surface area contributed by atoms with Crippen molar-refractivity contribution < 1.29 is 37.4 Å². The summed E-state index contributed by atoms with van der Waals surface area (Å²) in [7, 11) is -2.28. The van der Waals surface area contributed by atoms with Gasteiger partial charge in [-0.1, -0.05) is 45.1 Å². The molecule has 40 heavy (non-hydrogen) atoms. The molecule has 0 saturated carbocycles. The lowest BCUT2D eigenvalue weighted by Crippen LogP contribution is -2.49. The fraction of sp³-hybridized carbons (Fsp3) is 0.677. The third kappa shape index (κ3) is 5.89. The van der Waals surface area contributed by atoms with Gasteiger partial charge in [0.25, 0.3) is 0 Å². The highest BCUT2D eigenvalue weighted by molar-refractivity contribution is 6.74. The molecule has 3 aliphatic heterocycles. The number of hydrogen-bond donors (Lipinski definition) is 0. The Balaban J connectivity index is 1.87. The first-order chi connectivity index (χ1) is 18.4. The predicted molar refractivity (Wildman–Crippen MR) is 153 cm³/mol. The zero-order valence-corrected chi connectivity index (χ0v) is 26.7. The number of rotatable bonds is 5. The third-order valence-corrected chi connectivity index (χ3v) is 13.2. The third-order valence-electron chi connectivity index (χ3n) is 8.71. The van der Waals surface area contributed by atoms with Crippen LogP contribution in [0.25, 0.3) is 0 Å². The van der Waals surface area contributed by atoms with Crippen LogP contribution in [0.4, 0.5) is 0 Å². The smallest absolute Gasteiger partial charge is 0.341 e. The lowest BCUT2D eigenvalue weighted by molar-refractivity contribution is -0.168. The summed E-state index contributed by atoms with van der Waals surface area (Å²) >= 11 is 0. The van der Waals surface area contributed by atoms with E-state index in [1.165, 1.54) is 0 Å². The van der Waals surface area contributed by atoms with Crippen LogP contribution in [0.15, 0.2) is 34.8 Å². The van der Waals surface area contributed by atoms with E-state index in [-0.39, 0.29) is 23.5 Å². The Hall–Kier alpha value is -2.20. The van der Waals surface area contributed by atoms with Gasteiger partial charge in [0, 0.05) is 18.8 Å². The molecule has 4 rings (SSSR count). The number of carbonyl (C=O) groups excluding carboxylic acids is 2. The van der Waals surface area contributed by atoms with Crippen molar-refractivity contribution in [3.8, 4) is 0 Å². The fourth-order valence-electron chi connectivity index (χ4n) is 5.60. The maximum Gasteiger partial charge on any atom is 0.341 e. The van der Waals surface area contributed by atoms with Crippen molar-refractivity contribution in [2.45, 2.75) is 116 Å². The van der Waals surface area contributed by atoms with Crippen LogP contribution in [0, 0.1) is 11.8 Å². The number of esters is 2. The van der Waals surface area contributed by atoms with Gasteiger partial charge in [-0.25, -0.2) is 4.79 Å². The molecule has 0 radical (unpaired) electrons. The van der Waals surface area contributed by atoms with E-state index in [1.807, 2.05) is 39.8 Å². The Morgan fingerprint density at radius 2 is 1.88 bits per heavy atom. The minimum Gasteiger partial charge on any atom is -0.462 e. The van der Waals surface area contributed by atoms with E-state index in [0.717, 1.165) is 5.57 Å². The van der Waals surface area contributed by atoms with Gasteiger partial charge in [0.05, 0.1) is 12.7 Å². The first-order valence-electron chi connectivity index (χ1n) is 14.3. The molecule has 3 aliphatic rings. The summed E-state index contributed by atoms with van der Waals surface area (Å²) in [5.41, 5.74) is 0.291. The summed E-state index contributed by atoms with van der Waals surface area (Å²) in [5, 5.41) is -0.0597. The Kier molecular flexibility index (Phi) is 8.12. The van der Waals surface area contributed by atoms with E-state index in [9.17, 15) is 9.59 Å². The van der Waals surface area contributed by atoms with Gasteiger partial charge in [-0.15, -0.1) is 0 Å². The summed E-state index contributed by atoms with van der Waals surface area (Å²) in [6, 6.07) is 1.71. The van der Waals surface area contributed by atoms with Crippen LogP contribution in [-0.4, -0.2) is 50.5 Å². The minimum atomic E-state index is -2.28. The maximum absolute atomic E-state index is 13.4. The molecule has 0 amide bonds. The van der Waals surface area contributed by atoms with E-state index in [0.29, 0.717) is 29.9 Å². The largest absolute Gasteiger partial charge is 0.462 e. The molecule has 9 heteroatoms. The quantitative estimate of drug-likeness (QED) is 0.219. The minimum absolute atomic E-state index is 0.0597. The van der Waals surface area contributed by atoms with Gasteiger partial charge in [-0.05, 0) is 58.8 Å². The van der Waals surface area contributed by atoms with Crippen molar-refractivity contribution in [1.82, 2.24) is 0 Å². The van der Waals surface area contributed by atoms with Crippen LogP contribution < -0.4 is 0 Å². The van der Waals surface area contributed by atoms with E-state index in [2.05, 4.69) is 40.4 Å². The Bertz CT molecular complexity index is 1190. The van der Waals surface area contributed by atoms with Crippen LogP contribution in [0.2, 0.25) is 18.1 Å². The molecule has 4 bridgehead atoms. The average molecular weight is 575 g/mol. The predicted octanol–water partition coefficient (Wildman–Crippen LogP) is 6.67. The Labute approximate surface area is 239 Å². The second kappa shape index (κ2) is 10.6. The zero-order valence-electron chi connectivity index (χ0n) is 25.7. The SMILES string of the molecule is C=C(C)[C@@H]1C=C[C@H]2C(=O)O[C@@H](C[C@@]3(C)OC(C)(C)O[C@H]3c3cc(C(=O)OCC)c(o3)C1)[C@@H]2O[Si](C)(C)C(C)(C)C. The summed E-state index contributed by atoms with van der Waals surface area (Å²) in [5.74, 6) is -1.53. The standard InChI is InChI=1S/C31H46O8Si/c1-12-34-27(32)21-16-23-26-31(9,39-30(7,8)37-26)17-24-25(38-40(10,11)29(4,5)6)20(28(33)36-24)14-13-19(18(2)3)15-22(21)35-23/h13-14,16,19-20,24-26H,2,12,15,17H2,1,3-11H3/t19-,20-,24+,25-,26+,31-/m1/s1. The first kappa shape index (κ1) is 30.7. The molecule has 8 nitrogen and oxygen atoms in total. The molecule has 0 unspecified atom stereocenters. The van der Waals surface area contributed by atoms with Crippen LogP contribution in [0.1, 0.15) is 89.8 Å². The maximum atomic E-state index is 13.4. The highest BCUT2D eigenvalue weighted by atomic mass is 28.4. The second-order valence-corrected chi connectivity index (χ2v) is 18.4. The molecule has 0 aromatic carbocycles. The number of ether oxygens (including phenoxy) is 4. The summed E-state index contributed by atoms with van der Waals surface area (Å²) in [4.78, 5) is 26.4. The van der Waals surface area contributed by atoms with Crippen molar-refractivity contribution in [1.29, 1.82) is 0 Å². The lowest BCUT2D eigenvalue weighted by Gasteiger charge is -2.41. The lowest BCUT2D eigenvalue weighted by atomic mass is 9.86. The topological polar surface area (TPSA) is 93.4 Å². The van der Waals surface area contributed by atoms with Gasteiger partial charge >= 0.3 is 11.9 Å². The Morgan fingerprint density at radius 3 is 2.48 bits per heavy atom. The van der Waals surface area contributed by atoms with Gasteiger partial charge in [0.2, 0.25) is 0 Å². The monoisotopic (exact) mass is 574 g/mol. The van der Waals surface area contributed by atoms with Crippen LogP contribution in [-0.2, 0) is 34.6 Å². The highest BCUT2D eigenvalue weighted by Crippen LogP contribution is 2.51. The normalized spacial score (nSPS) is 31.9. The van der Waals surface area contributed by atoms with E-state index < -0.39 is 49.9 Å². The van der Waals surface area contributed by atoms with E-state index in [1.54, 1.807) is 13.0 Å².